The Labute approximate surface area is 188 Å². The summed E-state index contributed by atoms with van der Waals surface area (Å²) < 4.78 is 16.8. The van der Waals surface area contributed by atoms with Crippen LogP contribution < -0.4 is 4.74 Å². The van der Waals surface area contributed by atoms with Crippen LogP contribution in [0.25, 0.3) is 17.1 Å². The molecule has 2 aromatic heterocycles. The number of ether oxygens (including phenoxy) is 3. The number of H-pyrrole nitrogens is 1. The first-order chi connectivity index (χ1) is 15.2. The smallest absolute Gasteiger partial charge is 0.410 e. The minimum absolute atomic E-state index is 0.104. The van der Waals surface area contributed by atoms with Gasteiger partial charge in [-0.2, -0.15) is 0 Å². The third-order valence-electron chi connectivity index (χ3n) is 5.41. The average molecular weight is 436 g/mol. The SMILES string of the molecule is COC=Cc1cc2c(Oc3ccc4c(c3)[C@H](C)N(C(=O)OC(C)(C)C)CC4)ccnc2[nH]1. The number of benzene rings is 1. The van der Waals surface area contributed by atoms with Gasteiger partial charge < -0.3 is 24.1 Å². The van der Waals surface area contributed by atoms with Gasteiger partial charge in [0.1, 0.15) is 22.7 Å². The van der Waals surface area contributed by atoms with E-state index in [1.54, 1.807) is 24.5 Å². The van der Waals surface area contributed by atoms with E-state index in [0.717, 1.165) is 28.7 Å². The van der Waals surface area contributed by atoms with Crippen molar-refractivity contribution in [3.8, 4) is 11.5 Å². The zero-order chi connectivity index (χ0) is 22.9. The summed E-state index contributed by atoms with van der Waals surface area (Å²) in [6.45, 7) is 8.30. The van der Waals surface area contributed by atoms with E-state index >= 15 is 0 Å². The third-order valence-corrected chi connectivity index (χ3v) is 5.41. The molecule has 1 amide bonds. The summed E-state index contributed by atoms with van der Waals surface area (Å²) in [5.74, 6) is 1.42. The molecule has 0 fully saturated rings. The third kappa shape index (κ3) is 4.56. The fourth-order valence-electron chi connectivity index (χ4n) is 3.90. The molecule has 1 aliphatic heterocycles. The highest BCUT2D eigenvalue weighted by atomic mass is 16.6. The number of carbonyl (C=O) groups is 1. The van der Waals surface area contributed by atoms with Crippen LogP contribution in [0.3, 0.4) is 0 Å². The topological polar surface area (TPSA) is 76.7 Å². The minimum atomic E-state index is -0.525. The summed E-state index contributed by atoms with van der Waals surface area (Å²) in [7, 11) is 1.60. The zero-order valence-corrected chi connectivity index (χ0v) is 19.1. The Balaban J connectivity index is 1.59. The summed E-state index contributed by atoms with van der Waals surface area (Å²) in [6, 6.07) is 9.78. The van der Waals surface area contributed by atoms with Crippen molar-refractivity contribution in [2.45, 2.75) is 45.8 Å². The zero-order valence-electron chi connectivity index (χ0n) is 19.1. The average Bonchev–Trinajstić information content (AvgIpc) is 3.15. The maximum absolute atomic E-state index is 12.7. The second-order valence-electron chi connectivity index (χ2n) is 8.90. The summed E-state index contributed by atoms with van der Waals surface area (Å²) in [5, 5.41) is 0.879. The standard InChI is InChI=1S/C25H29N3O4/c1-16-20-15-19(7-6-17(20)9-12-28(16)24(29)32-25(2,3)4)31-22-8-11-26-23-21(22)14-18(27-23)10-13-30-5/h6-8,10-11,13-16H,9,12H2,1-5H3,(H,26,27)/t16-/m0/s1. The van der Waals surface area contributed by atoms with Crippen LogP contribution in [0.4, 0.5) is 4.79 Å². The van der Waals surface area contributed by atoms with Gasteiger partial charge >= 0.3 is 6.09 Å². The van der Waals surface area contributed by atoms with E-state index in [1.807, 2.05) is 58.0 Å². The van der Waals surface area contributed by atoms with Crippen molar-refractivity contribution in [3.63, 3.8) is 0 Å². The molecule has 1 atom stereocenters. The van der Waals surface area contributed by atoms with Gasteiger partial charge in [-0.05, 0) is 75.6 Å². The van der Waals surface area contributed by atoms with Crippen molar-refractivity contribution in [3.05, 3.63) is 59.6 Å². The van der Waals surface area contributed by atoms with E-state index < -0.39 is 5.60 Å². The van der Waals surface area contributed by atoms with E-state index in [1.165, 1.54) is 5.56 Å². The van der Waals surface area contributed by atoms with Gasteiger partial charge in [0.25, 0.3) is 0 Å². The number of amides is 1. The molecule has 0 aliphatic carbocycles. The number of nitrogens with one attached hydrogen (secondary N) is 1. The van der Waals surface area contributed by atoms with Crippen LogP contribution in [0, 0.1) is 0 Å². The molecule has 0 radical (unpaired) electrons. The Morgan fingerprint density at radius 2 is 2.06 bits per heavy atom. The number of aromatic nitrogens is 2. The summed E-state index contributed by atoms with van der Waals surface area (Å²) >= 11 is 0. The predicted octanol–water partition coefficient (Wildman–Crippen LogP) is 5.83. The number of nitrogens with zero attached hydrogens (tertiary/aromatic N) is 2. The normalized spacial score (nSPS) is 16.3. The van der Waals surface area contributed by atoms with E-state index in [0.29, 0.717) is 18.0 Å². The number of pyridine rings is 1. The Hall–Kier alpha value is -3.48. The van der Waals surface area contributed by atoms with E-state index in [9.17, 15) is 4.79 Å². The van der Waals surface area contributed by atoms with Crippen LogP contribution in [-0.4, -0.2) is 40.2 Å². The quantitative estimate of drug-likeness (QED) is 0.522. The van der Waals surface area contributed by atoms with Crippen LogP contribution in [0.5, 0.6) is 11.5 Å². The fourth-order valence-corrected chi connectivity index (χ4v) is 3.90. The lowest BCUT2D eigenvalue weighted by molar-refractivity contribution is 0.0159. The first kappa shape index (κ1) is 21.7. The monoisotopic (exact) mass is 435 g/mol. The van der Waals surface area contributed by atoms with Crippen LogP contribution in [0.2, 0.25) is 0 Å². The minimum Gasteiger partial charge on any atom is -0.504 e. The second kappa shape index (κ2) is 8.57. The van der Waals surface area contributed by atoms with Gasteiger partial charge in [-0.15, -0.1) is 0 Å². The van der Waals surface area contributed by atoms with Crippen LogP contribution >= 0.6 is 0 Å². The molecule has 0 saturated carbocycles. The molecule has 168 valence electrons. The van der Waals surface area contributed by atoms with E-state index in [-0.39, 0.29) is 12.1 Å². The van der Waals surface area contributed by atoms with Gasteiger partial charge in [-0.3, -0.25) is 0 Å². The number of methoxy groups -OCH3 is 1. The second-order valence-corrected chi connectivity index (χ2v) is 8.90. The molecule has 32 heavy (non-hydrogen) atoms. The molecular formula is C25H29N3O4. The Morgan fingerprint density at radius 3 is 2.81 bits per heavy atom. The number of fused-ring (bicyclic) bond motifs is 2. The van der Waals surface area contributed by atoms with Crippen LogP contribution in [0.1, 0.15) is 50.6 Å². The molecule has 0 bridgehead atoms. The Morgan fingerprint density at radius 1 is 1.25 bits per heavy atom. The van der Waals surface area contributed by atoms with Gasteiger partial charge in [0.05, 0.1) is 24.8 Å². The largest absolute Gasteiger partial charge is 0.504 e. The molecule has 1 N–H and O–H groups in total. The molecular weight excluding hydrogens is 406 g/mol. The highest BCUT2D eigenvalue weighted by Gasteiger charge is 2.31. The van der Waals surface area contributed by atoms with Crippen molar-refractivity contribution < 1.29 is 19.0 Å². The Bertz CT molecular complexity index is 1160. The number of hydrogen-bond acceptors (Lipinski definition) is 5. The van der Waals surface area contributed by atoms with Crippen molar-refractivity contribution >= 4 is 23.2 Å². The first-order valence-electron chi connectivity index (χ1n) is 10.7. The van der Waals surface area contributed by atoms with Crippen molar-refractivity contribution in [2.75, 3.05) is 13.7 Å². The molecule has 1 aliphatic rings. The summed E-state index contributed by atoms with van der Waals surface area (Å²) in [6.07, 6.45) is 5.64. The van der Waals surface area contributed by atoms with Gasteiger partial charge in [0.2, 0.25) is 0 Å². The Kier molecular flexibility index (Phi) is 5.82. The maximum atomic E-state index is 12.7. The van der Waals surface area contributed by atoms with Crippen LogP contribution in [0.15, 0.2) is 42.8 Å². The van der Waals surface area contributed by atoms with Gasteiger partial charge in [0.15, 0.2) is 0 Å². The highest BCUT2D eigenvalue weighted by molar-refractivity contribution is 5.85. The van der Waals surface area contributed by atoms with Gasteiger partial charge in [0, 0.05) is 18.4 Å². The number of hydrogen-bond donors (Lipinski definition) is 1. The molecule has 7 heteroatoms. The van der Waals surface area contributed by atoms with E-state index in [4.69, 9.17) is 14.2 Å². The lowest BCUT2D eigenvalue weighted by Gasteiger charge is -2.36. The van der Waals surface area contributed by atoms with E-state index in [2.05, 4.69) is 16.0 Å². The predicted molar refractivity (Wildman–Crippen MR) is 124 cm³/mol. The van der Waals surface area contributed by atoms with Crippen molar-refractivity contribution in [1.29, 1.82) is 0 Å². The molecule has 3 aromatic rings. The highest BCUT2D eigenvalue weighted by Crippen LogP contribution is 2.36. The molecule has 0 spiro atoms. The number of carbonyl (C=O) groups excluding carboxylic acids is 1. The van der Waals surface area contributed by atoms with Crippen molar-refractivity contribution in [1.82, 2.24) is 14.9 Å². The maximum Gasteiger partial charge on any atom is 0.410 e. The molecule has 1 aromatic carbocycles. The first-order valence-corrected chi connectivity index (χ1v) is 10.7. The fraction of sp³-hybridized carbons (Fsp3) is 0.360. The number of aromatic amines is 1. The molecule has 3 heterocycles. The lowest BCUT2D eigenvalue weighted by atomic mass is 9.93. The van der Waals surface area contributed by atoms with Gasteiger partial charge in [-0.25, -0.2) is 9.78 Å². The molecule has 0 unspecified atom stereocenters. The lowest BCUT2D eigenvalue weighted by Crippen LogP contribution is -2.42. The molecule has 4 rings (SSSR count). The summed E-state index contributed by atoms with van der Waals surface area (Å²) in [5.41, 5.74) is 3.38. The van der Waals surface area contributed by atoms with Gasteiger partial charge in [-0.1, -0.05) is 6.07 Å². The number of rotatable bonds is 4. The molecule has 0 saturated heterocycles. The molecule has 7 nitrogen and oxygen atoms in total. The van der Waals surface area contributed by atoms with Crippen molar-refractivity contribution in [2.24, 2.45) is 0 Å². The summed E-state index contributed by atoms with van der Waals surface area (Å²) in [4.78, 5) is 22.1. The van der Waals surface area contributed by atoms with Crippen LogP contribution in [-0.2, 0) is 15.9 Å².